The van der Waals surface area contributed by atoms with E-state index in [1.54, 1.807) is 18.2 Å². The average molecular weight is 302 g/mol. The smallest absolute Gasteiger partial charge is 0.172 e. The molecular weight excluding hydrogens is 285 g/mol. The third kappa shape index (κ3) is 3.11. The van der Waals surface area contributed by atoms with E-state index in [4.69, 9.17) is 27.9 Å². The molecule has 0 bridgehead atoms. The van der Waals surface area contributed by atoms with Gasteiger partial charge >= 0.3 is 0 Å². The normalized spacial score (nSPS) is 22.7. The van der Waals surface area contributed by atoms with E-state index < -0.39 is 5.41 Å². The van der Waals surface area contributed by atoms with Crippen LogP contribution in [0.3, 0.4) is 0 Å². The minimum Gasteiger partial charge on any atom is -0.381 e. The number of Topliss-reactive ketones (excluding diaryl/α,β-unsaturated/α-hetero) is 1. The second-order valence-electron chi connectivity index (χ2n) is 4.80. The quantitative estimate of drug-likeness (QED) is 0.849. The summed E-state index contributed by atoms with van der Waals surface area (Å²) in [6, 6.07) is 5.02. The van der Waals surface area contributed by atoms with Crippen molar-refractivity contribution in [3.05, 3.63) is 33.8 Å². The molecule has 2 rings (SSSR count). The Hall–Kier alpha value is -0.610. The highest BCUT2D eigenvalue weighted by atomic mass is 35.5. The van der Waals surface area contributed by atoms with Crippen LogP contribution in [0.4, 0.5) is 0 Å². The van der Waals surface area contributed by atoms with Crippen molar-refractivity contribution in [1.82, 2.24) is 5.32 Å². The number of nitrogens with one attached hydrogen (secondary N) is 1. The molecule has 1 aliphatic heterocycles. The van der Waals surface area contributed by atoms with E-state index in [0.29, 0.717) is 35.4 Å². The molecule has 1 saturated heterocycles. The number of ketones is 1. The molecule has 1 unspecified atom stereocenters. The molecule has 0 spiro atoms. The van der Waals surface area contributed by atoms with Crippen LogP contribution in [0.2, 0.25) is 10.0 Å². The summed E-state index contributed by atoms with van der Waals surface area (Å²) in [4.78, 5) is 12.7. The van der Waals surface area contributed by atoms with Gasteiger partial charge in [-0.2, -0.15) is 0 Å². The van der Waals surface area contributed by atoms with Crippen LogP contribution in [0.15, 0.2) is 18.2 Å². The summed E-state index contributed by atoms with van der Waals surface area (Å²) >= 11 is 11.9. The minimum absolute atomic E-state index is 0.0736. The van der Waals surface area contributed by atoms with Gasteiger partial charge in [-0.05, 0) is 38.1 Å². The number of hydrogen-bond donors (Lipinski definition) is 1. The van der Waals surface area contributed by atoms with E-state index in [2.05, 4.69) is 5.32 Å². The van der Waals surface area contributed by atoms with E-state index in [1.807, 2.05) is 6.92 Å². The Morgan fingerprint density at radius 1 is 1.42 bits per heavy atom. The van der Waals surface area contributed by atoms with Crippen molar-refractivity contribution in [3.8, 4) is 0 Å². The summed E-state index contributed by atoms with van der Waals surface area (Å²) in [5.41, 5.74) is 0.116. The molecule has 0 aromatic heterocycles. The van der Waals surface area contributed by atoms with Crippen LogP contribution in [0.5, 0.6) is 0 Å². The fourth-order valence-electron chi connectivity index (χ4n) is 2.37. The largest absolute Gasteiger partial charge is 0.381 e. The maximum Gasteiger partial charge on any atom is 0.172 e. The predicted molar refractivity (Wildman–Crippen MR) is 77.2 cm³/mol. The molecule has 1 heterocycles. The lowest BCUT2D eigenvalue weighted by Gasteiger charge is -2.26. The van der Waals surface area contributed by atoms with Gasteiger partial charge in [-0.1, -0.05) is 23.2 Å². The van der Waals surface area contributed by atoms with Crippen LogP contribution in [0, 0.1) is 5.41 Å². The Morgan fingerprint density at radius 2 is 2.21 bits per heavy atom. The fourth-order valence-corrected chi connectivity index (χ4v) is 2.67. The van der Waals surface area contributed by atoms with Crippen LogP contribution < -0.4 is 5.32 Å². The molecular formula is C14H17Cl2NO2. The van der Waals surface area contributed by atoms with Crippen LogP contribution >= 0.6 is 23.2 Å². The van der Waals surface area contributed by atoms with Crippen molar-refractivity contribution >= 4 is 29.0 Å². The van der Waals surface area contributed by atoms with Crippen molar-refractivity contribution in [1.29, 1.82) is 0 Å². The van der Waals surface area contributed by atoms with Gasteiger partial charge < -0.3 is 10.1 Å². The zero-order valence-corrected chi connectivity index (χ0v) is 12.4. The van der Waals surface area contributed by atoms with Crippen LogP contribution in [-0.2, 0) is 4.74 Å². The average Bonchev–Trinajstić information content (AvgIpc) is 2.89. The van der Waals surface area contributed by atoms with Gasteiger partial charge in [0.1, 0.15) is 0 Å². The van der Waals surface area contributed by atoms with Gasteiger partial charge in [0.05, 0.1) is 22.1 Å². The third-order valence-electron chi connectivity index (χ3n) is 3.49. The highest BCUT2D eigenvalue weighted by Gasteiger charge is 2.41. The second-order valence-corrected chi connectivity index (χ2v) is 5.62. The number of hydrogen-bond acceptors (Lipinski definition) is 3. The number of carbonyl (C=O) groups is 1. The maximum atomic E-state index is 12.7. The zero-order chi connectivity index (χ0) is 13.9. The fraction of sp³-hybridized carbons (Fsp3) is 0.500. The van der Waals surface area contributed by atoms with Crippen molar-refractivity contribution in [2.45, 2.75) is 13.3 Å². The maximum absolute atomic E-state index is 12.7. The van der Waals surface area contributed by atoms with Crippen LogP contribution in [-0.4, -0.2) is 32.1 Å². The number of carbonyl (C=O) groups excluding carboxylic acids is 1. The number of halogens is 2. The van der Waals surface area contributed by atoms with Crippen molar-refractivity contribution in [2.75, 3.05) is 26.3 Å². The van der Waals surface area contributed by atoms with Crippen molar-refractivity contribution in [2.24, 2.45) is 5.41 Å². The summed E-state index contributed by atoms with van der Waals surface area (Å²) in [5, 5.41) is 4.11. The molecule has 1 aromatic rings. The molecule has 104 valence electrons. The second kappa shape index (κ2) is 6.23. The van der Waals surface area contributed by atoms with Gasteiger partial charge in [-0.15, -0.1) is 0 Å². The molecule has 1 N–H and O–H groups in total. The Kier molecular flexibility index (Phi) is 4.85. The first-order chi connectivity index (χ1) is 9.09. The molecule has 1 aromatic carbocycles. The Morgan fingerprint density at radius 3 is 2.79 bits per heavy atom. The lowest BCUT2D eigenvalue weighted by Crippen LogP contribution is -2.38. The first-order valence-electron chi connectivity index (χ1n) is 6.37. The summed E-state index contributed by atoms with van der Waals surface area (Å²) < 4.78 is 5.50. The zero-order valence-electron chi connectivity index (χ0n) is 10.8. The first kappa shape index (κ1) is 14.8. The van der Waals surface area contributed by atoms with E-state index in [9.17, 15) is 4.79 Å². The predicted octanol–water partition coefficient (Wildman–Crippen LogP) is 3.19. The van der Waals surface area contributed by atoms with Gasteiger partial charge in [0.15, 0.2) is 5.78 Å². The topological polar surface area (TPSA) is 38.3 Å². The monoisotopic (exact) mass is 301 g/mol. The van der Waals surface area contributed by atoms with E-state index in [1.165, 1.54) is 0 Å². The van der Waals surface area contributed by atoms with E-state index in [-0.39, 0.29) is 5.78 Å². The standard InChI is InChI=1S/C14H17Cl2NO2/c1-2-19-9-14(5-6-17-8-14)13(18)10-3-4-11(15)12(16)7-10/h3-4,7,17H,2,5-6,8-9H2,1H3. The number of ether oxygens (including phenoxy) is 1. The molecule has 1 fully saturated rings. The summed E-state index contributed by atoms with van der Waals surface area (Å²) in [7, 11) is 0. The van der Waals surface area contributed by atoms with Crippen molar-refractivity contribution in [3.63, 3.8) is 0 Å². The van der Waals surface area contributed by atoms with Gasteiger partial charge in [0, 0.05) is 18.7 Å². The molecule has 0 aliphatic carbocycles. The number of benzene rings is 1. The summed E-state index contributed by atoms with van der Waals surface area (Å²) in [6.45, 7) is 4.46. The van der Waals surface area contributed by atoms with E-state index in [0.717, 1.165) is 13.0 Å². The molecule has 19 heavy (non-hydrogen) atoms. The molecule has 1 aliphatic rings. The SMILES string of the molecule is CCOCC1(C(=O)c2ccc(Cl)c(Cl)c2)CCNC1. The summed E-state index contributed by atoms with van der Waals surface area (Å²) in [6.07, 6.45) is 0.784. The molecule has 0 saturated carbocycles. The van der Waals surface area contributed by atoms with Crippen LogP contribution in [0.25, 0.3) is 0 Å². The van der Waals surface area contributed by atoms with E-state index >= 15 is 0 Å². The molecule has 0 radical (unpaired) electrons. The molecule has 5 heteroatoms. The minimum atomic E-state index is -0.479. The molecule has 3 nitrogen and oxygen atoms in total. The summed E-state index contributed by atoms with van der Waals surface area (Å²) in [5.74, 6) is 0.0736. The first-order valence-corrected chi connectivity index (χ1v) is 7.13. The van der Waals surface area contributed by atoms with Crippen LogP contribution in [0.1, 0.15) is 23.7 Å². The molecule has 1 atom stereocenters. The van der Waals surface area contributed by atoms with Gasteiger partial charge in [0.2, 0.25) is 0 Å². The lowest BCUT2D eigenvalue weighted by molar-refractivity contribution is 0.0466. The Bertz CT molecular complexity index is 471. The Balaban J connectivity index is 2.26. The highest BCUT2D eigenvalue weighted by Crippen LogP contribution is 2.32. The Labute approximate surface area is 123 Å². The lowest BCUT2D eigenvalue weighted by atomic mass is 9.80. The highest BCUT2D eigenvalue weighted by molar-refractivity contribution is 6.42. The van der Waals surface area contributed by atoms with Gasteiger partial charge in [-0.25, -0.2) is 0 Å². The molecule has 0 amide bonds. The third-order valence-corrected chi connectivity index (χ3v) is 4.23. The van der Waals surface area contributed by atoms with Crippen molar-refractivity contribution < 1.29 is 9.53 Å². The van der Waals surface area contributed by atoms with Gasteiger partial charge in [-0.3, -0.25) is 4.79 Å². The number of rotatable bonds is 5. The van der Waals surface area contributed by atoms with Gasteiger partial charge in [0.25, 0.3) is 0 Å².